The number of hydrogen-bond donors (Lipinski definition) is 1. The second-order valence-electron chi connectivity index (χ2n) is 7.96. The Morgan fingerprint density at radius 2 is 1.94 bits per heavy atom. The predicted octanol–water partition coefficient (Wildman–Crippen LogP) is 3.31. The molecule has 1 fully saturated rings. The number of carbonyl (C=O) groups is 2. The van der Waals surface area contributed by atoms with Crippen molar-refractivity contribution >= 4 is 33.5 Å². The molecular formula is C22H25ClN2O6S. The number of furan rings is 1. The minimum atomic E-state index is -3.89. The van der Waals surface area contributed by atoms with E-state index in [2.05, 4.69) is 5.32 Å². The van der Waals surface area contributed by atoms with Crippen LogP contribution in [0.25, 0.3) is 0 Å². The van der Waals surface area contributed by atoms with E-state index < -0.39 is 16.0 Å². The summed E-state index contributed by atoms with van der Waals surface area (Å²) in [5.41, 5.74) is 2.25. The Labute approximate surface area is 191 Å². The first-order valence-corrected chi connectivity index (χ1v) is 12.5. The molecule has 1 saturated heterocycles. The number of ether oxygens (including phenoxy) is 1. The summed E-state index contributed by atoms with van der Waals surface area (Å²) in [4.78, 5) is 24.6. The fourth-order valence-corrected chi connectivity index (χ4v) is 5.86. The lowest BCUT2D eigenvalue weighted by Crippen LogP contribution is -2.43. The van der Waals surface area contributed by atoms with Crippen LogP contribution in [0.2, 0.25) is 5.02 Å². The van der Waals surface area contributed by atoms with E-state index in [4.69, 9.17) is 20.8 Å². The number of esters is 1. The van der Waals surface area contributed by atoms with Crippen molar-refractivity contribution in [2.24, 2.45) is 5.92 Å². The van der Waals surface area contributed by atoms with Crippen molar-refractivity contribution in [2.75, 3.05) is 19.7 Å². The number of sulfonamides is 1. The van der Waals surface area contributed by atoms with Crippen molar-refractivity contribution in [1.29, 1.82) is 0 Å². The van der Waals surface area contributed by atoms with Gasteiger partial charge in [0.05, 0.1) is 12.6 Å². The average Bonchev–Trinajstić information content (AvgIpc) is 3.42. The Hall–Kier alpha value is -2.36. The molecule has 32 heavy (non-hydrogen) atoms. The van der Waals surface area contributed by atoms with Crippen LogP contribution in [0.1, 0.15) is 53.9 Å². The molecule has 0 bridgehead atoms. The summed E-state index contributed by atoms with van der Waals surface area (Å²) in [6.07, 6.45) is 2.53. The topological polar surface area (TPSA) is 106 Å². The molecule has 2 heterocycles. The number of nitrogens with one attached hydrogen (secondary N) is 1. The standard InChI is InChI=1S/C22H25ClN2O6S/c1-2-30-22(27)19-7-8-20(31-19)32(28,29)25-11-9-14(10-12-25)21(26)24-18-6-3-15-13-16(23)4-5-17(15)18/h4-5,7-8,13-14,18H,2-3,6,9-12H2,1H3,(H,24,26). The van der Waals surface area contributed by atoms with E-state index in [0.717, 1.165) is 24.0 Å². The fraction of sp³-hybridized carbons (Fsp3) is 0.455. The normalized spacial score (nSPS) is 19.5. The molecule has 2 aromatic rings. The first-order valence-electron chi connectivity index (χ1n) is 10.7. The molecule has 1 aliphatic heterocycles. The van der Waals surface area contributed by atoms with Gasteiger partial charge in [-0.3, -0.25) is 4.79 Å². The molecule has 8 nitrogen and oxygen atoms in total. The van der Waals surface area contributed by atoms with Gasteiger partial charge in [-0.1, -0.05) is 17.7 Å². The maximum Gasteiger partial charge on any atom is 0.374 e. The van der Waals surface area contributed by atoms with Crippen LogP contribution in [0.4, 0.5) is 0 Å². The van der Waals surface area contributed by atoms with E-state index in [0.29, 0.717) is 17.9 Å². The molecule has 2 aliphatic rings. The molecule has 172 valence electrons. The number of nitrogens with zero attached hydrogens (tertiary/aromatic N) is 1. The second kappa shape index (κ2) is 9.25. The number of fused-ring (bicyclic) bond motifs is 1. The third kappa shape index (κ3) is 4.55. The summed E-state index contributed by atoms with van der Waals surface area (Å²) in [6, 6.07) is 8.23. The van der Waals surface area contributed by atoms with Crippen molar-refractivity contribution in [2.45, 2.75) is 43.7 Å². The van der Waals surface area contributed by atoms with Crippen LogP contribution in [-0.2, 0) is 26.0 Å². The zero-order valence-electron chi connectivity index (χ0n) is 17.7. The average molecular weight is 481 g/mol. The summed E-state index contributed by atoms with van der Waals surface area (Å²) in [7, 11) is -3.89. The van der Waals surface area contributed by atoms with E-state index in [1.165, 1.54) is 16.4 Å². The first kappa shape index (κ1) is 22.8. The van der Waals surface area contributed by atoms with Gasteiger partial charge < -0.3 is 14.5 Å². The third-order valence-corrected chi connectivity index (χ3v) is 7.98. The number of halogens is 1. The van der Waals surface area contributed by atoms with Crippen LogP contribution in [-0.4, -0.2) is 44.3 Å². The Balaban J connectivity index is 1.35. The molecule has 10 heteroatoms. The van der Waals surface area contributed by atoms with Crippen molar-refractivity contribution in [3.05, 3.63) is 52.2 Å². The highest BCUT2D eigenvalue weighted by molar-refractivity contribution is 7.89. The molecule has 1 atom stereocenters. The Morgan fingerprint density at radius 3 is 2.66 bits per heavy atom. The van der Waals surface area contributed by atoms with E-state index >= 15 is 0 Å². The number of carbonyl (C=O) groups excluding carboxylic acids is 2. The Kier molecular flexibility index (Phi) is 6.60. The minimum absolute atomic E-state index is 0.0408. The van der Waals surface area contributed by atoms with Crippen LogP contribution < -0.4 is 5.32 Å². The maximum atomic E-state index is 12.9. The van der Waals surface area contributed by atoms with Gasteiger partial charge in [-0.25, -0.2) is 13.2 Å². The van der Waals surface area contributed by atoms with Gasteiger partial charge in [0, 0.05) is 24.0 Å². The number of amides is 1. The predicted molar refractivity (Wildman–Crippen MR) is 117 cm³/mol. The number of rotatable bonds is 6. The summed E-state index contributed by atoms with van der Waals surface area (Å²) in [6.45, 7) is 2.22. The van der Waals surface area contributed by atoms with E-state index in [9.17, 15) is 18.0 Å². The highest BCUT2D eigenvalue weighted by Crippen LogP contribution is 2.34. The van der Waals surface area contributed by atoms with Crippen molar-refractivity contribution in [3.63, 3.8) is 0 Å². The molecule has 0 spiro atoms. The summed E-state index contributed by atoms with van der Waals surface area (Å²) >= 11 is 6.05. The maximum absolute atomic E-state index is 12.9. The summed E-state index contributed by atoms with van der Waals surface area (Å²) < 4.78 is 37.1. The molecule has 1 N–H and O–H groups in total. The van der Waals surface area contributed by atoms with Crippen LogP contribution >= 0.6 is 11.6 Å². The molecule has 0 radical (unpaired) electrons. The molecule has 1 amide bonds. The first-order chi connectivity index (χ1) is 15.3. The number of aryl methyl sites for hydroxylation is 1. The van der Waals surface area contributed by atoms with Crippen molar-refractivity contribution in [3.8, 4) is 0 Å². The molecular weight excluding hydrogens is 456 g/mol. The van der Waals surface area contributed by atoms with Gasteiger partial charge in [0.15, 0.2) is 0 Å². The zero-order chi connectivity index (χ0) is 22.9. The highest BCUT2D eigenvalue weighted by Gasteiger charge is 2.35. The Bertz CT molecular complexity index is 1120. The van der Waals surface area contributed by atoms with Crippen LogP contribution in [0.5, 0.6) is 0 Å². The monoisotopic (exact) mass is 480 g/mol. The minimum Gasteiger partial charge on any atom is -0.460 e. The lowest BCUT2D eigenvalue weighted by atomic mass is 9.96. The lowest BCUT2D eigenvalue weighted by Gasteiger charge is -2.30. The van der Waals surface area contributed by atoms with E-state index in [1.54, 1.807) is 6.92 Å². The molecule has 1 aromatic heterocycles. The third-order valence-electron chi connectivity index (χ3n) is 5.98. The highest BCUT2D eigenvalue weighted by atomic mass is 35.5. The number of hydrogen-bond acceptors (Lipinski definition) is 6. The lowest BCUT2D eigenvalue weighted by molar-refractivity contribution is -0.126. The smallest absolute Gasteiger partial charge is 0.374 e. The number of benzene rings is 1. The molecule has 4 rings (SSSR count). The second-order valence-corrected chi connectivity index (χ2v) is 10.3. The van der Waals surface area contributed by atoms with Gasteiger partial charge in [-0.2, -0.15) is 4.31 Å². The van der Waals surface area contributed by atoms with Crippen LogP contribution in [0.3, 0.4) is 0 Å². The molecule has 0 saturated carbocycles. The molecule has 1 aliphatic carbocycles. The van der Waals surface area contributed by atoms with Gasteiger partial charge in [-0.05, 0) is 68.0 Å². The van der Waals surface area contributed by atoms with Crippen molar-refractivity contribution in [1.82, 2.24) is 9.62 Å². The number of piperidine rings is 1. The zero-order valence-corrected chi connectivity index (χ0v) is 19.2. The molecule has 1 unspecified atom stereocenters. The molecule has 1 aromatic carbocycles. The summed E-state index contributed by atoms with van der Waals surface area (Å²) in [5, 5.41) is 3.51. The van der Waals surface area contributed by atoms with Gasteiger partial charge in [0.25, 0.3) is 10.0 Å². The van der Waals surface area contributed by atoms with Gasteiger partial charge >= 0.3 is 5.97 Å². The summed E-state index contributed by atoms with van der Waals surface area (Å²) in [5.74, 6) is -1.18. The SMILES string of the molecule is CCOC(=O)c1ccc(S(=O)(=O)N2CCC(C(=O)NC3CCc4cc(Cl)ccc43)CC2)o1. The van der Waals surface area contributed by atoms with Gasteiger partial charge in [0.1, 0.15) is 0 Å². The van der Waals surface area contributed by atoms with E-state index in [-0.39, 0.29) is 48.4 Å². The van der Waals surface area contributed by atoms with Crippen LogP contribution in [0.15, 0.2) is 39.8 Å². The van der Waals surface area contributed by atoms with Gasteiger partial charge in [0.2, 0.25) is 16.8 Å². The largest absolute Gasteiger partial charge is 0.460 e. The van der Waals surface area contributed by atoms with Crippen LogP contribution in [0, 0.1) is 5.92 Å². The quantitative estimate of drug-likeness (QED) is 0.636. The Morgan fingerprint density at radius 1 is 1.19 bits per heavy atom. The van der Waals surface area contributed by atoms with Crippen molar-refractivity contribution < 1.29 is 27.2 Å². The van der Waals surface area contributed by atoms with E-state index in [1.807, 2.05) is 18.2 Å². The van der Waals surface area contributed by atoms with Gasteiger partial charge in [-0.15, -0.1) is 0 Å². The fourth-order valence-electron chi connectivity index (χ4n) is 4.28.